The summed E-state index contributed by atoms with van der Waals surface area (Å²) in [6.07, 6.45) is 0.133. The first-order valence-corrected chi connectivity index (χ1v) is 12.7. The fourth-order valence-corrected chi connectivity index (χ4v) is 6.19. The molecule has 1 N–H and O–H groups in total. The van der Waals surface area contributed by atoms with Crippen LogP contribution in [0, 0.1) is 30.1 Å². The maximum atomic E-state index is 14.3. The number of nitriles is 1. The Morgan fingerprint density at radius 1 is 1.22 bits per heavy atom. The summed E-state index contributed by atoms with van der Waals surface area (Å²) >= 11 is 0. The van der Waals surface area contributed by atoms with Crippen LogP contribution in [0.3, 0.4) is 0 Å². The Labute approximate surface area is 217 Å². The molecule has 37 heavy (non-hydrogen) atoms. The van der Waals surface area contributed by atoms with Crippen LogP contribution in [0.5, 0.6) is 0 Å². The third-order valence-corrected chi connectivity index (χ3v) is 8.38. The van der Waals surface area contributed by atoms with Crippen molar-refractivity contribution < 1.29 is 19.1 Å². The van der Waals surface area contributed by atoms with Crippen molar-refractivity contribution in [2.24, 2.45) is 11.8 Å². The van der Waals surface area contributed by atoms with Gasteiger partial charge in [0.05, 0.1) is 11.5 Å². The molecule has 3 amide bonds. The van der Waals surface area contributed by atoms with Crippen LogP contribution in [0.15, 0.2) is 48.5 Å². The third kappa shape index (κ3) is 3.85. The Kier molecular flexibility index (Phi) is 5.98. The lowest BCUT2D eigenvalue weighted by Gasteiger charge is -2.33. The molecule has 5 rings (SSSR count). The number of carbonyl (C=O) groups is 3. The second kappa shape index (κ2) is 8.91. The maximum absolute atomic E-state index is 14.3. The molecule has 192 valence electrons. The molecule has 8 nitrogen and oxygen atoms in total. The van der Waals surface area contributed by atoms with Crippen LogP contribution < -0.4 is 5.32 Å². The van der Waals surface area contributed by atoms with Crippen molar-refractivity contribution in [1.29, 1.82) is 5.26 Å². The summed E-state index contributed by atoms with van der Waals surface area (Å²) < 4.78 is 5.57. The van der Waals surface area contributed by atoms with E-state index in [4.69, 9.17) is 4.74 Å². The van der Waals surface area contributed by atoms with Crippen LogP contribution in [0.2, 0.25) is 0 Å². The second-order valence-corrected chi connectivity index (χ2v) is 10.9. The lowest BCUT2D eigenvalue weighted by atomic mass is 9.79. The van der Waals surface area contributed by atoms with Gasteiger partial charge in [0, 0.05) is 25.7 Å². The first-order valence-electron chi connectivity index (χ1n) is 12.7. The molecule has 0 radical (unpaired) electrons. The molecule has 0 bridgehead atoms. The number of ether oxygens (including phenoxy) is 1. The van der Waals surface area contributed by atoms with Gasteiger partial charge < -0.3 is 15.0 Å². The van der Waals surface area contributed by atoms with Gasteiger partial charge in [0.1, 0.15) is 18.2 Å². The van der Waals surface area contributed by atoms with Crippen LogP contribution in [0.25, 0.3) is 0 Å². The summed E-state index contributed by atoms with van der Waals surface area (Å²) in [5.74, 6) is -0.409. The number of benzene rings is 2. The lowest BCUT2D eigenvalue weighted by molar-refractivity contribution is -0.139. The van der Waals surface area contributed by atoms with Gasteiger partial charge in [0.15, 0.2) is 0 Å². The zero-order chi connectivity index (χ0) is 26.5. The summed E-state index contributed by atoms with van der Waals surface area (Å²) in [4.78, 5) is 43.6. The minimum absolute atomic E-state index is 0.0721. The number of nitrogens with one attached hydrogen (secondary N) is 1. The van der Waals surface area contributed by atoms with E-state index in [1.54, 1.807) is 7.05 Å². The number of aryl methyl sites for hydroxylation is 1. The molecule has 3 aliphatic rings. The van der Waals surface area contributed by atoms with E-state index in [1.165, 1.54) is 9.80 Å². The molecule has 0 aromatic heterocycles. The van der Waals surface area contributed by atoms with E-state index in [-0.39, 0.29) is 43.2 Å². The highest BCUT2D eigenvalue weighted by molar-refractivity contribution is 6.08. The van der Waals surface area contributed by atoms with Crippen molar-refractivity contribution in [2.45, 2.75) is 57.2 Å². The summed E-state index contributed by atoms with van der Waals surface area (Å²) in [7, 11) is 1.60. The Balaban J connectivity index is 1.43. The van der Waals surface area contributed by atoms with Crippen molar-refractivity contribution >= 4 is 23.6 Å². The van der Waals surface area contributed by atoms with E-state index in [2.05, 4.69) is 11.4 Å². The number of likely N-dealkylation sites (tertiary alicyclic amines) is 1. The zero-order valence-corrected chi connectivity index (χ0v) is 21.7. The van der Waals surface area contributed by atoms with E-state index in [9.17, 15) is 19.6 Å². The largest absolute Gasteiger partial charge is 0.445 e. The van der Waals surface area contributed by atoms with Gasteiger partial charge in [0.25, 0.3) is 0 Å². The third-order valence-electron chi connectivity index (χ3n) is 8.38. The fraction of sp³-hybridized carbons (Fsp3) is 0.448. The highest BCUT2D eigenvalue weighted by Gasteiger charge is 2.69. The van der Waals surface area contributed by atoms with Crippen LogP contribution in [0.4, 0.5) is 10.5 Å². The smallest absolute Gasteiger partial charge is 0.410 e. The van der Waals surface area contributed by atoms with Crippen molar-refractivity contribution in [2.75, 3.05) is 18.9 Å². The second-order valence-electron chi connectivity index (χ2n) is 10.9. The average molecular weight is 501 g/mol. The van der Waals surface area contributed by atoms with Gasteiger partial charge in [-0.25, -0.2) is 4.79 Å². The number of carbonyl (C=O) groups excluding carboxylic acids is 3. The number of likely N-dealkylation sites (N-methyl/N-ethyl adjacent to an activating group) is 1. The number of fused-ring (bicyclic) bond motifs is 2. The molecule has 8 heteroatoms. The monoisotopic (exact) mass is 500 g/mol. The van der Waals surface area contributed by atoms with Gasteiger partial charge in [-0.05, 0) is 42.4 Å². The van der Waals surface area contributed by atoms with Crippen LogP contribution in [0.1, 0.15) is 43.4 Å². The Morgan fingerprint density at radius 2 is 1.95 bits per heavy atom. The van der Waals surface area contributed by atoms with Gasteiger partial charge in [0.2, 0.25) is 11.8 Å². The molecule has 1 aliphatic carbocycles. The summed E-state index contributed by atoms with van der Waals surface area (Å²) in [6, 6.07) is 16.6. The van der Waals surface area contributed by atoms with E-state index in [1.807, 2.05) is 69.3 Å². The van der Waals surface area contributed by atoms with E-state index in [0.717, 1.165) is 22.4 Å². The fourth-order valence-electron chi connectivity index (χ4n) is 6.19. The Morgan fingerprint density at radius 3 is 2.59 bits per heavy atom. The number of hydrogen-bond acceptors (Lipinski definition) is 5. The predicted octanol–water partition coefficient (Wildman–Crippen LogP) is 3.99. The van der Waals surface area contributed by atoms with E-state index in [0.29, 0.717) is 6.42 Å². The molecular weight excluding hydrogens is 468 g/mol. The molecule has 4 atom stereocenters. The quantitative estimate of drug-likeness (QED) is 0.669. The van der Waals surface area contributed by atoms with Gasteiger partial charge in [-0.15, -0.1) is 0 Å². The summed E-state index contributed by atoms with van der Waals surface area (Å²) in [6.45, 7) is 6.22. The Hall–Kier alpha value is -3.86. The zero-order valence-electron chi connectivity index (χ0n) is 21.7. The van der Waals surface area contributed by atoms with Crippen molar-refractivity contribution in [3.63, 3.8) is 0 Å². The minimum Gasteiger partial charge on any atom is -0.445 e. The number of anilines is 1. The number of rotatable bonds is 5. The number of amides is 3. The highest BCUT2D eigenvalue weighted by atomic mass is 16.6. The van der Waals surface area contributed by atoms with Crippen LogP contribution in [-0.4, -0.2) is 52.9 Å². The molecule has 1 saturated carbocycles. The van der Waals surface area contributed by atoms with Gasteiger partial charge in [-0.1, -0.05) is 61.9 Å². The van der Waals surface area contributed by atoms with Crippen molar-refractivity contribution in [1.82, 2.24) is 9.80 Å². The van der Waals surface area contributed by atoms with Crippen LogP contribution in [-0.2, 0) is 26.3 Å². The van der Waals surface area contributed by atoms with E-state index < -0.39 is 23.1 Å². The SMILES string of the molecule is Cc1ccc2c(c1)[C@@]1(C[C@@H](C#N)N(C(=O)[C@]3(N(C)C(=O)OCc4ccccc4)CC3C(C)C)C1)C(=O)N2. The molecule has 2 aliphatic heterocycles. The number of nitrogens with zero attached hydrogens (tertiary/aromatic N) is 3. The standard InChI is InChI=1S/C29H32N4O4/c1-18(2)23-14-29(23,32(4)27(36)37-16-20-8-6-5-7-9-20)26(35)33-17-28(13-21(33)15-30)22-12-19(3)10-11-24(22)31-25(28)34/h5-12,18,21,23H,13-14,16-17H2,1-4H3,(H,31,34)/t21-,23?,28-,29-/m0/s1. The molecule has 2 fully saturated rings. The molecule has 2 heterocycles. The highest BCUT2D eigenvalue weighted by Crippen LogP contribution is 2.56. The lowest BCUT2D eigenvalue weighted by Crippen LogP contribution is -2.55. The number of hydrogen-bond donors (Lipinski definition) is 1. The first kappa shape index (κ1) is 24.8. The molecular formula is C29H32N4O4. The van der Waals surface area contributed by atoms with Crippen molar-refractivity contribution in [3.05, 3.63) is 65.2 Å². The molecule has 1 unspecified atom stereocenters. The van der Waals surface area contributed by atoms with E-state index >= 15 is 0 Å². The summed E-state index contributed by atoms with van der Waals surface area (Å²) in [5, 5.41) is 13.0. The predicted molar refractivity (Wildman–Crippen MR) is 137 cm³/mol. The normalized spacial score (nSPS) is 27.6. The maximum Gasteiger partial charge on any atom is 0.410 e. The Bertz CT molecular complexity index is 1300. The molecule has 1 saturated heterocycles. The molecule has 2 aromatic rings. The minimum atomic E-state index is -1.10. The van der Waals surface area contributed by atoms with Crippen molar-refractivity contribution in [3.8, 4) is 6.07 Å². The topological polar surface area (TPSA) is 103 Å². The van der Waals surface area contributed by atoms with Gasteiger partial charge >= 0.3 is 6.09 Å². The first-order chi connectivity index (χ1) is 17.6. The van der Waals surface area contributed by atoms with Gasteiger partial charge in [-0.2, -0.15) is 5.26 Å². The molecule has 2 aromatic carbocycles. The summed E-state index contributed by atoms with van der Waals surface area (Å²) in [5.41, 5.74) is 1.33. The average Bonchev–Trinajstić information content (AvgIpc) is 3.46. The van der Waals surface area contributed by atoms with Gasteiger partial charge in [-0.3, -0.25) is 14.5 Å². The van der Waals surface area contributed by atoms with Crippen LogP contribution >= 0.6 is 0 Å². The molecule has 1 spiro atoms.